The Bertz CT molecular complexity index is 415. The van der Waals surface area contributed by atoms with Gasteiger partial charge in [0.05, 0.1) is 0 Å². The zero-order valence-corrected chi connectivity index (χ0v) is 7.77. The normalized spacial score (nSPS) is 9.79. The van der Waals surface area contributed by atoms with Gasteiger partial charge in [-0.3, -0.25) is 0 Å². The lowest BCUT2D eigenvalue weighted by Gasteiger charge is -2.03. The summed E-state index contributed by atoms with van der Waals surface area (Å²) in [4.78, 5) is 8.11. The van der Waals surface area contributed by atoms with E-state index in [1.807, 2.05) is 19.1 Å². The molecule has 1 heterocycles. The average Bonchev–Trinajstić information content (AvgIpc) is 2.19. The maximum atomic E-state index is 5.49. The molecule has 0 N–H and O–H groups in total. The van der Waals surface area contributed by atoms with Crippen LogP contribution in [-0.4, -0.2) is 9.97 Å². The molecule has 0 atom stereocenters. The lowest BCUT2D eigenvalue weighted by atomic mass is 10.3. The van der Waals surface area contributed by atoms with E-state index < -0.39 is 0 Å². The Morgan fingerprint density at radius 2 is 2.00 bits per heavy atom. The molecule has 0 saturated carbocycles. The molecule has 69 valence electrons. The van der Waals surface area contributed by atoms with E-state index in [1.54, 1.807) is 24.4 Å². The van der Waals surface area contributed by atoms with Crippen molar-refractivity contribution in [2.45, 2.75) is 6.92 Å². The number of hydrogen-bond donors (Lipinski definition) is 0. The van der Waals surface area contributed by atoms with E-state index in [9.17, 15) is 0 Å². The molecule has 3 nitrogen and oxygen atoms in total. The van der Waals surface area contributed by atoms with E-state index in [0.717, 1.165) is 5.75 Å². The molecule has 0 aliphatic carbocycles. The first-order valence-corrected chi connectivity index (χ1v) is 4.28. The first kappa shape index (κ1) is 8.69. The van der Waals surface area contributed by atoms with Crippen molar-refractivity contribution >= 4 is 0 Å². The van der Waals surface area contributed by atoms with Gasteiger partial charge < -0.3 is 4.74 Å². The minimum Gasteiger partial charge on any atom is -0.439 e. The van der Waals surface area contributed by atoms with Gasteiger partial charge in [-0.25, -0.2) is 4.98 Å². The summed E-state index contributed by atoms with van der Waals surface area (Å²) in [5.41, 5.74) is 0. The zero-order valence-electron chi connectivity index (χ0n) is 7.77. The van der Waals surface area contributed by atoms with Gasteiger partial charge in [0.15, 0.2) is 0 Å². The van der Waals surface area contributed by atoms with Crippen LogP contribution < -0.4 is 4.74 Å². The minimum absolute atomic E-state index is 0.559. The second-order valence-corrected chi connectivity index (χ2v) is 2.78. The Labute approximate surface area is 82.4 Å². The Morgan fingerprint density at radius 3 is 2.71 bits per heavy atom. The summed E-state index contributed by atoms with van der Waals surface area (Å²) in [6.45, 7) is 1.83. The molecule has 0 unspecified atom stereocenters. The predicted octanol–water partition coefficient (Wildman–Crippen LogP) is 2.38. The second kappa shape index (κ2) is 3.87. The fraction of sp³-hybridized carbons (Fsp3) is 0.0909. The van der Waals surface area contributed by atoms with Gasteiger partial charge in [-0.15, -0.1) is 0 Å². The number of aryl methyl sites for hydroxylation is 1. The van der Waals surface area contributed by atoms with Crippen LogP contribution in [0.1, 0.15) is 5.82 Å². The van der Waals surface area contributed by atoms with Crippen LogP contribution in [0.4, 0.5) is 0 Å². The quantitative estimate of drug-likeness (QED) is 0.720. The third-order valence-corrected chi connectivity index (χ3v) is 1.66. The van der Waals surface area contributed by atoms with Crippen molar-refractivity contribution in [3.8, 4) is 11.6 Å². The summed E-state index contributed by atoms with van der Waals surface area (Å²) in [6.07, 6.45) is 1.67. The monoisotopic (exact) mass is 185 g/mol. The summed E-state index contributed by atoms with van der Waals surface area (Å²) < 4.78 is 5.49. The molecule has 0 fully saturated rings. The van der Waals surface area contributed by atoms with Gasteiger partial charge in [0.25, 0.3) is 0 Å². The summed E-state index contributed by atoms with van der Waals surface area (Å²) >= 11 is 0. The molecule has 0 aliphatic heterocycles. The molecule has 0 spiro atoms. The fourth-order valence-electron chi connectivity index (χ4n) is 1.05. The van der Waals surface area contributed by atoms with Crippen molar-refractivity contribution in [2.75, 3.05) is 0 Å². The summed E-state index contributed by atoms with van der Waals surface area (Å²) in [5, 5.41) is 0. The van der Waals surface area contributed by atoms with E-state index in [0.29, 0.717) is 11.7 Å². The van der Waals surface area contributed by atoms with E-state index in [4.69, 9.17) is 4.74 Å². The number of hydrogen-bond acceptors (Lipinski definition) is 3. The van der Waals surface area contributed by atoms with Crippen LogP contribution in [-0.2, 0) is 0 Å². The lowest BCUT2D eigenvalue weighted by Crippen LogP contribution is -1.91. The zero-order chi connectivity index (χ0) is 9.80. The average molecular weight is 185 g/mol. The minimum atomic E-state index is 0.559. The largest absolute Gasteiger partial charge is 0.439 e. The van der Waals surface area contributed by atoms with Crippen LogP contribution in [0, 0.1) is 13.0 Å². The molecular weight excluding hydrogens is 176 g/mol. The maximum absolute atomic E-state index is 5.49. The number of aromatic nitrogens is 2. The van der Waals surface area contributed by atoms with E-state index in [2.05, 4.69) is 16.0 Å². The Kier molecular flexibility index (Phi) is 2.40. The SMILES string of the molecule is Cc1nccc(Oc2cc[c]cc2)n1. The molecule has 0 aliphatic rings. The fourth-order valence-corrected chi connectivity index (χ4v) is 1.05. The highest BCUT2D eigenvalue weighted by atomic mass is 16.5. The highest BCUT2D eigenvalue weighted by molar-refractivity contribution is 5.25. The highest BCUT2D eigenvalue weighted by Crippen LogP contribution is 2.17. The summed E-state index contributed by atoms with van der Waals surface area (Å²) in [6, 6.07) is 11.9. The standard InChI is InChI=1S/C11H9N2O/c1-9-12-8-7-11(13-9)14-10-5-3-2-4-6-10/h3-8H,1H3. The molecule has 0 saturated heterocycles. The molecule has 0 amide bonds. The van der Waals surface area contributed by atoms with Gasteiger partial charge in [0.1, 0.15) is 11.6 Å². The van der Waals surface area contributed by atoms with Gasteiger partial charge >= 0.3 is 0 Å². The van der Waals surface area contributed by atoms with Gasteiger partial charge in [-0.1, -0.05) is 12.1 Å². The molecule has 1 aromatic heterocycles. The van der Waals surface area contributed by atoms with Crippen LogP contribution in [0.25, 0.3) is 0 Å². The Hall–Kier alpha value is -1.90. The molecule has 14 heavy (non-hydrogen) atoms. The second-order valence-electron chi connectivity index (χ2n) is 2.78. The first-order valence-electron chi connectivity index (χ1n) is 4.28. The molecular formula is C11H9N2O. The Morgan fingerprint density at radius 1 is 1.21 bits per heavy atom. The van der Waals surface area contributed by atoms with Gasteiger partial charge in [0, 0.05) is 12.3 Å². The number of benzene rings is 1. The van der Waals surface area contributed by atoms with Gasteiger partial charge in [-0.05, 0) is 25.1 Å². The van der Waals surface area contributed by atoms with E-state index in [-0.39, 0.29) is 0 Å². The van der Waals surface area contributed by atoms with Crippen LogP contribution in [0.15, 0.2) is 36.5 Å². The molecule has 2 rings (SSSR count). The first-order chi connectivity index (χ1) is 6.84. The summed E-state index contributed by atoms with van der Waals surface area (Å²) in [5.74, 6) is 2.01. The third kappa shape index (κ3) is 2.07. The van der Waals surface area contributed by atoms with E-state index >= 15 is 0 Å². The highest BCUT2D eigenvalue weighted by Gasteiger charge is 1.97. The van der Waals surface area contributed by atoms with E-state index in [1.165, 1.54) is 0 Å². The predicted molar refractivity (Wildman–Crippen MR) is 52.1 cm³/mol. The number of rotatable bonds is 2. The Balaban J connectivity index is 2.19. The topological polar surface area (TPSA) is 35.0 Å². The van der Waals surface area contributed by atoms with Crippen molar-refractivity contribution in [1.29, 1.82) is 0 Å². The van der Waals surface area contributed by atoms with Crippen molar-refractivity contribution in [1.82, 2.24) is 9.97 Å². The van der Waals surface area contributed by atoms with Crippen molar-refractivity contribution in [3.05, 3.63) is 48.4 Å². The van der Waals surface area contributed by atoms with Crippen molar-refractivity contribution in [3.63, 3.8) is 0 Å². The van der Waals surface area contributed by atoms with Crippen LogP contribution >= 0.6 is 0 Å². The molecule has 1 aromatic carbocycles. The van der Waals surface area contributed by atoms with Crippen LogP contribution in [0.3, 0.4) is 0 Å². The maximum Gasteiger partial charge on any atom is 0.222 e. The van der Waals surface area contributed by atoms with Crippen molar-refractivity contribution < 1.29 is 4.74 Å². The van der Waals surface area contributed by atoms with Crippen LogP contribution in [0.5, 0.6) is 11.6 Å². The van der Waals surface area contributed by atoms with Gasteiger partial charge in [0.2, 0.25) is 5.88 Å². The molecule has 1 radical (unpaired) electrons. The number of ether oxygens (including phenoxy) is 1. The summed E-state index contributed by atoms with van der Waals surface area (Å²) in [7, 11) is 0. The third-order valence-electron chi connectivity index (χ3n) is 1.66. The molecule has 2 aromatic rings. The lowest BCUT2D eigenvalue weighted by molar-refractivity contribution is 0.460. The van der Waals surface area contributed by atoms with Crippen LogP contribution in [0.2, 0.25) is 0 Å². The smallest absolute Gasteiger partial charge is 0.222 e. The van der Waals surface area contributed by atoms with Gasteiger partial charge in [-0.2, -0.15) is 4.98 Å². The van der Waals surface area contributed by atoms with Crippen molar-refractivity contribution in [2.24, 2.45) is 0 Å². The molecule has 0 bridgehead atoms. The molecule has 3 heteroatoms. The number of nitrogens with zero attached hydrogens (tertiary/aromatic N) is 2.